The molecule has 0 N–H and O–H groups in total. The van der Waals surface area contributed by atoms with Crippen molar-refractivity contribution < 1.29 is 9.53 Å². The lowest BCUT2D eigenvalue weighted by molar-refractivity contribution is 0.0302. The predicted molar refractivity (Wildman–Crippen MR) is 134 cm³/mol. The third kappa shape index (κ3) is 5.12. The van der Waals surface area contributed by atoms with Gasteiger partial charge in [0.15, 0.2) is 5.82 Å². The summed E-state index contributed by atoms with van der Waals surface area (Å²) in [4.78, 5) is 27.1. The standard InChI is InChI=1S/C28H32N4O2/c1-21-7-9-24(10-8-21)26-29-20-25(28(33)32-15-17-34-18-16-32)27(30-26)31-13-11-23(12-14-31)19-22-5-3-2-4-6-22/h2-10,20,23H,11-19H2,1H3. The molecule has 2 aliphatic heterocycles. The van der Waals surface area contributed by atoms with Gasteiger partial charge in [-0.2, -0.15) is 0 Å². The maximum absolute atomic E-state index is 13.4. The van der Waals surface area contributed by atoms with Crippen LogP contribution in [0.5, 0.6) is 0 Å². The fourth-order valence-electron chi connectivity index (χ4n) is 4.84. The van der Waals surface area contributed by atoms with Crippen LogP contribution in [0.3, 0.4) is 0 Å². The van der Waals surface area contributed by atoms with E-state index in [9.17, 15) is 4.79 Å². The van der Waals surface area contributed by atoms with E-state index in [-0.39, 0.29) is 5.91 Å². The molecule has 0 spiro atoms. The summed E-state index contributed by atoms with van der Waals surface area (Å²) in [6, 6.07) is 18.9. The molecule has 2 aliphatic rings. The van der Waals surface area contributed by atoms with Gasteiger partial charge in [0.25, 0.3) is 5.91 Å². The molecule has 0 atom stereocenters. The number of aryl methyl sites for hydroxylation is 1. The van der Waals surface area contributed by atoms with Crippen LogP contribution in [-0.4, -0.2) is 60.2 Å². The molecule has 1 aromatic heterocycles. The second-order valence-corrected chi connectivity index (χ2v) is 9.32. The second kappa shape index (κ2) is 10.3. The van der Waals surface area contributed by atoms with E-state index in [0.717, 1.165) is 43.7 Å². The Bertz CT molecular complexity index is 1100. The molecule has 176 valence electrons. The Kier molecular flexibility index (Phi) is 6.86. The zero-order chi connectivity index (χ0) is 23.3. The number of piperidine rings is 1. The number of hydrogen-bond donors (Lipinski definition) is 0. The van der Waals surface area contributed by atoms with Crippen molar-refractivity contribution in [3.63, 3.8) is 0 Å². The molecule has 0 bridgehead atoms. The normalized spacial score (nSPS) is 17.1. The van der Waals surface area contributed by atoms with Gasteiger partial charge in [-0.3, -0.25) is 4.79 Å². The summed E-state index contributed by atoms with van der Waals surface area (Å²) < 4.78 is 5.44. The van der Waals surface area contributed by atoms with Crippen LogP contribution in [-0.2, 0) is 11.2 Å². The first-order valence-corrected chi connectivity index (χ1v) is 12.3. The molecule has 5 rings (SSSR count). The summed E-state index contributed by atoms with van der Waals surface area (Å²) >= 11 is 0. The number of ether oxygens (including phenoxy) is 1. The zero-order valence-electron chi connectivity index (χ0n) is 19.8. The summed E-state index contributed by atoms with van der Waals surface area (Å²) in [5, 5.41) is 0. The topological polar surface area (TPSA) is 58.6 Å². The highest BCUT2D eigenvalue weighted by atomic mass is 16.5. The number of rotatable bonds is 5. The number of morpholine rings is 1. The van der Waals surface area contributed by atoms with Crippen molar-refractivity contribution in [1.82, 2.24) is 14.9 Å². The molecule has 2 aromatic carbocycles. The van der Waals surface area contributed by atoms with E-state index in [2.05, 4.69) is 59.3 Å². The number of carbonyl (C=O) groups is 1. The summed E-state index contributed by atoms with van der Waals surface area (Å²) in [6.07, 6.45) is 5.01. The minimum absolute atomic E-state index is 0.000153. The lowest BCUT2D eigenvalue weighted by Gasteiger charge is -2.35. The van der Waals surface area contributed by atoms with Crippen LogP contribution in [0.1, 0.15) is 34.3 Å². The number of hydrogen-bond acceptors (Lipinski definition) is 5. The molecule has 0 aliphatic carbocycles. The van der Waals surface area contributed by atoms with E-state index in [1.807, 2.05) is 17.0 Å². The molecule has 6 heteroatoms. The maximum Gasteiger partial charge on any atom is 0.259 e. The van der Waals surface area contributed by atoms with Crippen molar-refractivity contribution in [2.45, 2.75) is 26.2 Å². The number of amides is 1. The maximum atomic E-state index is 13.4. The molecule has 0 unspecified atom stereocenters. The van der Waals surface area contributed by atoms with Crippen LogP contribution in [0.15, 0.2) is 60.8 Å². The Labute approximate surface area is 201 Å². The zero-order valence-corrected chi connectivity index (χ0v) is 19.8. The molecule has 1 amide bonds. The molecule has 3 heterocycles. The van der Waals surface area contributed by atoms with Gasteiger partial charge in [0.1, 0.15) is 11.4 Å². The first-order valence-electron chi connectivity index (χ1n) is 12.3. The molecule has 0 radical (unpaired) electrons. The summed E-state index contributed by atoms with van der Waals surface area (Å²) in [5.41, 5.74) is 4.16. The van der Waals surface area contributed by atoms with Crippen LogP contribution in [0, 0.1) is 12.8 Å². The third-order valence-electron chi connectivity index (χ3n) is 6.89. The van der Waals surface area contributed by atoms with E-state index in [4.69, 9.17) is 9.72 Å². The quantitative estimate of drug-likeness (QED) is 0.570. The number of anilines is 1. The van der Waals surface area contributed by atoms with Crippen molar-refractivity contribution in [3.8, 4) is 11.4 Å². The average Bonchev–Trinajstić information content (AvgIpc) is 2.90. The first kappa shape index (κ1) is 22.5. The highest BCUT2D eigenvalue weighted by molar-refractivity contribution is 5.99. The molecule has 6 nitrogen and oxygen atoms in total. The highest BCUT2D eigenvalue weighted by Gasteiger charge is 2.28. The third-order valence-corrected chi connectivity index (χ3v) is 6.89. The van der Waals surface area contributed by atoms with E-state index < -0.39 is 0 Å². The highest BCUT2D eigenvalue weighted by Crippen LogP contribution is 2.29. The Morgan fingerprint density at radius 1 is 0.971 bits per heavy atom. The molecule has 3 aromatic rings. The number of benzene rings is 2. The second-order valence-electron chi connectivity index (χ2n) is 9.32. The van der Waals surface area contributed by atoms with Gasteiger partial charge in [0, 0.05) is 37.9 Å². The van der Waals surface area contributed by atoms with Gasteiger partial charge in [-0.15, -0.1) is 0 Å². The summed E-state index contributed by atoms with van der Waals surface area (Å²) in [6.45, 7) is 6.23. The van der Waals surface area contributed by atoms with Gasteiger partial charge in [-0.25, -0.2) is 9.97 Å². The molecule has 2 fully saturated rings. The fourth-order valence-corrected chi connectivity index (χ4v) is 4.84. The first-order chi connectivity index (χ1) is 16.7. The lowest BCUT2D eigenvalue weighted by atomic mass is 9.90. The van der Waals surface area contributed by atoms with E-state index in [0.29, 0.717) is 43.6 Å². The van der Waals surface area contributed by atoms with Gasteiger partial charge in [0.05, 0.1) is 13.2 Å². The minimum Gasteiger partial charge on any atom is -0.378 e. The SMILES string of the molecule is Cc1ccc(-c2ncc(C(=O)N3CCOCC3)c(N3CCC(Cc4ccccc4)CC3)n2)cc1. The molecular formula is C28H32N4O2. The van der Waals surface area contributed by atoms with Gasteiger partial charge < -0.3 is 14.5 Å². The van der Waals surface area contributed by atoms with Crippen molar-refractivity contribution in [2.24, 2.45) is 5.92 Å². The van der Waals surface area contributed by atoms with Crippen LogP contribution in [0.2, 0.25) is 0 Å². The number of aromatic nitrogens is 2. The van der Waals surface area contributed by atoms with E-state index >= 15 is 0 Å². The summed E-state index contributed by atoms with van der Waals surface area (Å²) in [5.74, 6) is 2.08. The average molecular weight is 457 g/mol. The summed E-state index contributed by atoms with van der Waals surface area (Å²) in [7, 11) is 0. The number of nitrogens with zero attached hydrogens (tertiary/aromatic N) is 4. The van der Waals surface area contributed by atoms with E-state index in [1.165, 1.54) is 11.1 Å². The Balaban J connectivity index is 1.39. The molecule has 34 heavy (non-hydrogen) atoms. The van der Waals surface area contributed by atoms with Crippen molar-refractivity contribution in [1.29, 1.82) is 0 Å². The largest absolute Gasteiger partial charge is 0.378 e. The van der Waals surface area contributed by atoms with Crippen LogP contribution in [0.25, 0.3) is 11.4 Å². The van der Waals surface area contributed by atoms with Crippen molar-refractivity contribution >= 4 is 11.7 Å². The Hall–Kier alpha value is -3.25. The van der Waals surface area contributed by atoms with Crippen LogP contribution >= 0.6 is 0 Å². The van der Waals surface area contributed by atoms with Crippen molar-refractivity contribution in [3.05, 3.63) is 77.5 Å². The molecular weight excluding hydrogens is 424 g/mol. The van der Waals surface area contributed by atoms with Crippen LogP contribution < -0.4 is 4.90 Å². The van der Waals surface area contributed by atoms with E-state index in [1.54, 1.807) is 6.20 Å². The van der Waals surface area contributed by atoms with Gasteiger partial charge in [0.2, 0.25) is 0 Å². The minimum atomic E-state index is 0.000153. The predicted octanol–water partition coefficient (Wildman–Crippen LogP) is 4.38. The monoisotopic (exact) mass is 456 g/mol. The fraction of sp³-hybridized carbons (Fsp3) is 0.393. The number of carbonyl (C=O) groups excluding carboxylic acids is 1. The van der Waals surface area contributed by atoms with Crippen molar-refractivity contribution in [2.75, 3.05) is 44.3 Å². The molecule has 2 saturated heterocycles. The Morgan fingerprint density at radius 2 is 1.68 bits per heavy atom. The smallest absolute Gasteiger partial charge is 0.259 e. The van der Waals surface area contributed by atoms with Gasteiger partial charge in [-0.1, -0.05) is 60.2 Å². The Morgan fingerprint density at radius 3 is 2.38 bits per heavy atom. The molecule has 0 saturated carbocycles. The lowest BCUT2D eigenvalue weighted by Crippen LogP contribution is -2.42. The van der Waals surface area contributed by atoms with Gasteiger partial charge in [-0.05, 0) is 37.7 Å². The van der Waals surface area contributed by atoms with Gasteiger partial charge >= 0.3 is 0 Å². The van der Waals surface area contributed by atoms with Crippen LogP contribution in [0.4, 0.5) is 5.82 Å².